The quantitative estimate of drug-likeness (QED) is 0.357. The highest BCUT2D eigenvalue weighted by atomic mass is 32.2. The molecule has 0 amide bonds. The van der Waals surface area contributed by atoms with Crippen molar-refractivity contribution in [2.24, 2.45) is 0 Å². The Balaban J connectivity index is 1.79. The van der Waals surface area contributed by atoms with E-state index in [1.54, 1.807) is 19.0 Å². The molecule has 0 aliphatic carbocycles. The van der Waals surface area contributed by atoms with E-state index in [4.69, 9.17) is 4.74 Å². The molecule has 0 heterocycles. The van der Waals surface area contributed by atoms with Crippen LogP contribution in [0.5, 0.6) is 11.5 Å². The van der Waals surface area contributed by atoms with Gasteiger partial charge in [-0.3, -0.25) is 0 Å². The molecule has 0 aliphatic rings. The van der Waals surface area contributed by atoms with Gasteiger partial charge in [-0.2, -0.15) is 26.3 Å². The third-order valence-electron chi connectivity index (χ3n) is 5.01. The summed E-state index contributed by atoms with van der Waals surface area (Å²) in [5.74, 6) is 0.295. The van der Waals surface area contributed by atoms with Crippen molar-refractivity contribution in [1.82, 2.24) is 9.62 Å². The van der Waals surface area contributed by atoms with Crippen LogP contribution in [-0.2, 0) is 22.4 Å². The predicted molar refractivity (Wildman–Crippen MR) is 121 cm³/mol. The largest absolute Gasteiger partial charge is 0.457 e. The number of rotatable bonds is 8. The predicted octanol–water partition coefficient (Wildman–Crippen LogP) is 6.10. The van der Waals surface area contributed by atoms with Crippen molar-refractivity contribution < 1.29 is 39.5 Å². The number of ether oxygens (including phenoxy) is 1. The zero-order chi connectivity index (χ0) is 26.7. The molecule has 0 unspecified atom stereocenters. The Morgan fingerprint density at radius 3 is 1.83 bits per heavy atom. The summed E-state index contributed by atoms with van der Waals surface area (Å²) in [6.45, 7) is 0.0929. The molecule has 194 valence electrons. The van der Waals surface area contributed by atoms with Crippen molar-refractivity contribution in [3.63, 3.8) is 0 Å². The van der Waals surface area contributed by atoms with E-state index in [1.165, 1.54) is 36.4 Å². The second-order valence-corrected chi connectivity index (χ2v) is 9.87. The van der Waals surface area contributed by atoms with E-state index >= 15 is 0 Å². The highest BCUT2D eigenvalue weighted by Gasteiger charge is 2.32. The van der Waals surface area contributed by atoms with Gasteiger partial charge < -0.3 is 9.64 Å². The number of hydrogen-bond acceptors (Lipinski definition) is 4. The van der Waals surface area contributed by atoms with Crippen molar-refractivity contribution >= 4 is 10.0 Å². The molecule has 36 heavy (non-hydrogen) atoms. The number of alkyl halides is 6. The maximum atomic E-state index is 13.2. The van der Waals surface area contributed by atoms with Crippen LogP contribution in [0.1, 0.15) is 22.7 Å². The molecule has 0 aliphatic heterocycles. The van der Waals surface area contributed by atoms with E-state index in [0.29, 0.717) is 0 Å². The zero-order valence-electron chi connectivity index (χ0n) is 19.1. The van der Waals surface area contributed by atoms with Gasteiger partial charge in [-0.1, -0.05) is 12.1 Å². The van der Waals surface area contributed by atoms with Crippen LogP contribution in [-0.4, -0.2) is 34.0 Å². The van der Waals surface area contributed by atoms with Gasteiger partial charge in [0.1, 0.15) is 11.5 Å². The highest BCUT2D eigenvalue weighted by Crippen LogP contribution is 2.33. The van der Waals surface area contributed by atoms with Crippen molar-refractivity contribution in [2.45, 2.75) is 23.3 Å². The lowest BCUT2D eigenvalue weighted by molar-refractivity contribution is -0.138. The smallest absolute Gasteiger partial charge is 0.416 e. The first kappa shape index (κ1) is 27.5. The minimum Gasteiger partial charge on any atom is -0.457 e. The lowest BCUT2D eigenvalue weighted by atomic mass is 10.0. The second-order valence-electron chi connectivity index (χ2n) is 8.15. The number of benzene rings is 3. The molecule has 0 saturated heterocycles. The summed E-state index contributed by atoms with van der Waals surface area (Å²) < 4.78 is 111. The second kappa shape index (κ2) is 10.5. The summed E-state index contributed by atoms with van der Waals surface area (Å²) in [7, 11) is -0.842. The van der Waals surface area contributed by atoms with Crippen molar-refractivity contribution in [3.05, 3.63) is 89.5 Å². The normalized spacial score (nSPS) is 13.6. The Bertz CT molecular complexity index is 1270. The van der Waals surface area contributed by atoms with Crippen LogP contribution in [0, 0.1) is 0 Å². The molecular formula is C24H22F6N2O3S. The molecular weight excluding hydrogens is 510 g/mol. The highest BCUT2D eigenvalue weighted by molar-refractivity contribution is 7.89. The van der Waals surface area contributed by atoms with Crippen LogP contribution < -0.4 is 9.46 Å². The van der Waals surface area contributed by atoms with Gasteiger partial charge in [0.05, 0.1) is 22.1 Å². The maximum Gasteiger partial charge on any atom is 0.416 e. The number of sulfonamides is 1. The Labute approximate surface area is 204 Å². The van der Waals surface area contributed by atoms with Crippen LogP contribution in [0.25, 0.3) is 0 Å². The molecule has 0 fully saturated rings. The van der Waals surface area contributed by atoms with Gasteiger partial charge in [-0.25, -0.2) is 13.1 Å². The summed E-state index contributed by atoms with van der Waals surface area (Å²) in [4.78, 5) is 1.46. The molecule has 12 heteroatoms. The summed E-state index contributed by atoms with van der Waals surface area (Å²) >= 11 is 0. The maximum absolute atomic E-state index is 13.2. The van der Waals surface area contributed by atoms with Crippen LogP contribution in [0.4, 0.5) is 26.3 Å². The molecule has 5 nitrogen and oxygen atoms in total. The summed E-state index contributed by atoms with van der Waals surface area (Å²) in [5.41, 5.74) is -1.59. The average Bonchev–Trinajstić information content (AvgIpc) is 2.78. The molecule has 0 saturated carbocycles. The average molecular weight is 533 g/mol. The Morgan fingerprint density at radius 2 is 1.33 bits per heavy atom. The van der Waals surface area contributed by atoms with E-state index in [-0.39, 0.29) is 28.5 Å². The lowest BCUT2D eigenvalue weighted by Gasteiger charge is -2.23. The van der Waals surface area contributed by atoms with E-state index in [2.05, 4.69) is 4.72 Å². The molecule has 3 aromatic rings. The van der Waals surface area contributed by atoms with Gasteiger partial charge in [0.15, 0.2) is 0 Å². The lowest BCUT2D eigenvalue weighted by Crippen LogP contribution is -2.35. The summed E-state index contributed by atoms with van der Waals surface area (Å²) in [6.07, 6.45) is -9.07. The Hall–Kier alpha value is -3.09. The Morgan fingerprint density at radius 1 is 0.806 bits per heavy atom. The SMILES string of the molecule is CN(C)C[C@@H](NS(=O)(=O)c1ccc(Oc2ccc(C(F)(F)F)cc2)cc1)c1cccc(C(F)(F)F)c1. The van der Waals surface area contributed by atoms with Gasteiger partial charge in [0.2, 0.25) is 10.0 Å². The molecule has 0 spiro atoms. The first-order chi connectivity index (χ1) is 16.6. The fraction of sp³-hybridized carbons (Fsp3) is 0.250. The fourth-order valence-corrected chi connectivity index (χ4v) is 4.51. The van der Waals surface area contributed by atoms with Gasteiger partial charge >= 0.3 is 12.4 Å². The third-order valence-corrected chi connectivity index (χ3v) is 6.50. The molecule has 3 rings (SSSR count). The van der Waals surface area contributed by atoms with Crippen molar-refractivity contribution in [2.75, 3.05) is 20.6 Å². The van der Waals surface area contributed by atoms with Gasteiger partial charge in [0, 0.05) is 6.54 Å². The number of nitrogens with one attached hydrogen (secondary N) is 1. The minimum absolute atomic E-state index is 0.0929. The van der Waals surface area contributed by atoms with E-state index in [1.807, 2.05) is 0 Å². The van der Waals surface area contributed by atoms with Crippen LogP contribution >= 0.6 is 0 Å². The number of hydrogen-bond donors (Lipinski definition) is 1. The van der Waals surface area contributed by atoms with Crippen molar-refractivity contribution in [1.29, 1.82) is 0 Å². The number of likely N-dealkylation sites (N-methyl/N-ethyl adjacent to an activating group) is 1. The first-order valence-corrected chi connectivity index (χ1v) is 11.9. The molecule has 3 aromatic carbocycles. The standard InChI is InChI=1S/C24H22F6N2O3S/c1-32(2)15-22(16-4-3-5-18(14-16)24(28,29)30)31-36(33,34)21-12-10-20(11-13-21)35-19-8-6-17(7-9-19)23(25,26)27/h3-14,22,31H,15H2,1-2H3/t22-/m1/s1. The first-order valence-electron chi connectivity index (χ1n) is 10.4. The van der Waals surface area contributed by atoms with E-state index in [9.17, 15) is 34.8 Å². The van der Waals surface area contributed by atoms with E-state index < -0.39 is 39.5 Å². The summed E-state index contributed by atoms with van der Waals surface area (Å²) in [5, 5.41) is 0. The molecule has 0 radical (unpaired) electrons. The number of nitrogens with zero attached hydrogens (tertiary/aromatic N) is 1. The van der Waals surface area contributed by atoms with Crippen LogP contribution in [0.2, 0.25) is 0 Å². The molecule has 0 aromatic heterocycles. The van der Waals surface area contributed by atoms with Gasteiger partial charge in [-0.05, 0) is 80.3 Å². The molecule has 0 bridgehead atoms. The van der Waals surface area contributed by atoms with E-state index in [0.717, 1.165) is 36.4 Å². The van der Waals surface area contributed by atoms with Crippen molar-refractivity contribution in [3.8, 4) is 11.5 Å². The van der Waals surface area contributed by atoms with Gasteiger partial charge in [-0.15, -0.1) is 0 Å². The summed E-state index contributed by atoms with van der Waals surface area (Å²) in [6, 6.07) is 12.5. The topological polar surface area (TPSA) is 58.6 Å². The zero-order valence-corrected chi connectivity index (χ0v) is 19.9. The minimum atomic E-state index is -4.58. The Kier molecular flexibility index (Phi) is 8.01. The number of halogens is 6. The molecule has 1 atom stereocenters. The fourth-order valence-electron chi connectivity index (χ4n) is 3.30. The van der Waals surface area contributed by atoms with Crippen LogP contribution in [0.15, 0.2) is 77.7 Å². The third kappa shape index (κ3) is 7.21. The molecule has 1 N–H and O–H groups in total. The monoisotopic (exact) mass is 532 g/mol. The van der Waals surface area contributed by atoms with Crippen LogP contribution in [0.3, 0.4) is 0 Å². The van der Waals surface area contributed by atoms with Gasteiger partial charge in [0.25, 0.3) is 0 Å².